The molecule has 1 amide bonds. The van der Waals surface area contributed by atoms with E-state index in [1.165, 1.54) is 0 Å². The van der Waals surface area contributed by atoms with E-state index in [1.807, 2.05) is 31.2 Å². The lowest BCUT2D eigenvalue weighted by atomic mass is 9.84. The van der Waals surface area contributed by atoms with Crippen molar-refractivity contribution in [2.45, 2.75) is 63.5 Å². The molecule has 1 saturated heterocycles. The SMILES string of the molecule is COc1cccc(C(C)CC(=O)N2C(C(=O)O)CC3CCCCC32)c1. The second-order valence-electron chi connectivity index (χ2n) is 7.38. The number of aliphatic carboxylic acids is 1. The van der Waals surface area contributed by atoms with Gasteiger partial charge in [0.15, 0.2) is 0 Å². The Labute approximate surface area is 149 Å². The van der Waals surface area contributed by atoms with Gasteiger partial charge < -0.3 is 14.7 Å². The van der Waals surface area contributed by atoms with Gasteiger partial charge in [0.25, 0.3) is 0 Å². The number of benzene rings is 1. The first-order valence-electron chi connectivity index (χ1n) is 9.19. The average molecular weight is 345 g/mol. The van der Waals surface area contributed by atoms with Crippen LogP contribution in [0.15, 0.2) is 24.3 Å². The molecule has 0 bridgehead atoms. The van der Waals surface area contributed by atoms with Crippen molar-refractivity contribution in [3.05, 3.63) is 29.8 Å². The quantitative estimate of drug-likeness (QED) is 0.888. The normalized spacial score (nSPS) is 26.8. The second-order valence-corrected chi connectivity index (χ2v) is 7.38. The molecular weight excluding hydrogens is 318 g/mol. The van der Waals surface area contributed by atoms with E-state index in [2.05, 4.69) is 0 Å². The molecule has 5 heteroatoms. The Bertz CT molecular complexity index is 644. The van der Waals surface area contributed by atoms with Crippen molar-refractivity contribution >= 4 is 11.9 Å². The van der Waals surface area contributed by atoms with E-state index in [1.54, 1.807) is 12.0 Å². The number of hydrogen-bond donors (Lipinski definition) is 1. The maximum atomic E-state index is 13.0. The summed E-state index contributed by atoms with van der Waals surface area (Å²) in [6.07, 6.45) is 5.16. The molecule has 1 aliphatic heterocycles. The highest BCUT2D eigenvalue weighted by Crippen LogP contribution is 2.40. The van der Waals surface area contributed by atoms with Gasteiger partial charge >= 0.3 is 5.97 Å². The van der Waals surface area contributed by atoms with Crippen molar-refractivity contribution < 1.29 is 19.4 Å². The van der Waals surface area contributed by atoms with Gasteiger partial charge in [-0.1, -0.05) is 31.9 Å². The monoisotopic (exact) mass is 345 g/mol. The fourth-order valence-electron chi connectivity index (χ4n) is 4.47. The van der Waals surface area contributed by atoms with Crippen LogP contribution in [0.4, 0.5) is 0 Å². The zero-order valence-corrected chi connectivity index (χ0v) is 15.0. The fourth-order valence-corrected chi connectivity index (χ4v) is 4.47. The topological polar surface area (TPSA) is 66.8 Å². The molecule has 5 nitrogen and oxygen atoms in total. The first-order valence-corrected chi connectivity index (χ1v) is 9.19. The van der Waals surface area contributed by atoms with E-state index in [0.717, 1.165) is 37.0 Å². The number of carboxylic acids is 1. The van der Waals surface area contributed by atoms with Gasteiger partial charge in [0.05, 0.1) is 7.11 Å². The van der Waals surface area contributed by atoms with Crippen LogP contribution in [0.3, 0.4) is 0 Å². The highest BCUT2D eigenvalue weighted by atomic mass is 16.5. The van der Waals surface area contributed by atoms with Gasteiger partial charge in [-0.05, 0) is 48.8 Å². The molecule has 0 radical (unpaired) electrons. The van der Waals surface area contributed by atoms with Crippen LogP contribution in [0, 0.1) is 5.92 Å². The van der Waals surface area contributed by atoms with Crippen molar-refractivity contribution in [1.82, 2.24) is 4.90 Å². The number of likely N-dealkylation sites (tertiary alicyclic amines) is 1. The van der Waals surface area contributed by atoms with Crippen LogP contribution in [-0.4, -0.2) is 41.1 Å². The minimum Gasteiger partial charge on any atom is -0.497 e. The molecule has 0 aromatic heterocycles. The van der Waals surface area contributed by atoms with Gasteiger partial charge in [-0.15, -0.1) is 0 Å². The highest BCUT2D eigenvalue weighted by Gasteiger charge is 2.47. The van der Waals surface area contributed by atoms with Gasteiger partial charge in [-0.3, -0.25) is 4.79 Å². The predicted octanol–water partition coefficient (Wildman–Crippen LogP) is 3.43. The Hall–Kier alpha value is -2.04. The number of carbonyl (C=O) groups is 2. The molecule has 4 atom stereocenters. The number of amides is 1. The lowest BCUT2D eigenvalue weighted by molar-refractivity contribution is -0.150. The largest absolute Gasteiger partial charge is 0.497 e. The molecule has 2 fully saturated rings. The van der Waals surface area contributed by atoms with Crippen LogP contribution in [-0.2, 0) is 9.59 Å². The number of rotatable bonds is 5. The fraction of sp³-hybridized carbons (Fsp3) is 0.600. The van der Waals surface area contributed by atoms with Crippen molar-refractivity contribution in [3.8, 4) is 5.75 Å². The van der Waals surface area contributed by atoms with Crippen molar-refractivity contribution in [2.75, 3.05) is 7.11 Å². The zero-order valence-electron chi connectivity index (χ0n) is 15.0. The minimum absolute atomic E-state index is 0.0275. The number of hydrogen-bond acceptors (Lipinski definition) is 3. The molecule has 1 aromatic rings. The Balaban J connectivity index is 1.74. The molecular formula is C20H27NO4. The number of methoxy groups -OCH3 is 1. The van der Waals surface area contributed by atoms with E-state index < -0.39 is 12.0 Å². The average Bonchev–Trinajstić information content (AvgIpc) is 3.01. The molecule has 136 valence electrons. The summed E-state index contributed by atoms with van der Waals surface area (Å²) in [5.41, 5.74) is 1.04. The van der Waals surface area contributed by atoms with Crippen LogP contribution >= 0.6 is 0 Å². The number of fused-ring (bicyclic) bond motifs is 1. The van der Waals surface area contributed by atoms with Gasteiger partial charge in [-0.25, -0.2) is 4.79 Å². The standard InChI is InChI=1S/C20H27NO4/c1-13(14-7-5-8-16(11-14)25-2)10-19(22)21-17-9-4-3-6-15(17)12-18(21)20(23)24/h5,7-8,11,13,15,17-18H,3-4,6,9-10,12H2,1-2H3,(H,23,24). The van der Waals surface area contributed by atoms with Crippen LogP contribution < -0.4 is 4.74 Å². The molecule has 1 saturated carbocycles. The molecule has 25 heavy (non-hydrogen) atoms. The zero-order chi connectivity index (χ0) is 18.0. The Kier molecular flexibility index (Phi) is 5.30. The molecule has 1 aliphatic carbocycles. The van der Waals surface area contributed by atoms with Crippen LogP contribution in [0.1, 0.15) is 56.9 Å². The first-order chi connectivity index (χ1) is 12.0. The molecule has 4 unspecified atom stereocenters. The van der Waals surface area contributed by atoms with E-state index in [0.29, 0.717) is 18.8 Å². The highest BCUT2D eigenvalue weighted by molar-refractivity contribution is 5.85. The van der Waals surface area contributed by atoms with Crippen molar-refractivity contribution in [3.63, 3.8) is 0 Å². The van der Waals surface area contributed by atoms with Crippen LogP contribution in [0.25, 0.3) is 0 Å². The van der Waals surface area contributed by atoms with Crippen molar-refractivity contribution in [2.24, 2.45) is 5.92 Å². The van der Waals surface area contributed by atoms with E-state index in [4.69, 9.17) is 4.74 Å². The summed E-state index contributed by atoms with van der Waals surface area (Å²) in [7, 11) is 1.62. The Morgan fingerprint density at radius 3 is 2.80 bits per heavy atom. The molecule has 3 rings (SSSR count). The third-order valence-electron chi connectivity index (χ3n) is 5.80. The van der Waals surface area contributed by atoms with Gasteiger partial charge in [-0.2, -0.15) is 0 Å². The van der Waals surface area contributed by atoms with Gasteiger partial charge in [0, 0.05) is 12.5 Å². The second kappa shape index (κ2) is 7.46. The predicted molar refractivity (Wildman–Crippen MR) is 94.7 cm³/mol. The Morgan fingerprint density at radius 2 is 2.08 bits per heavy atom. The lowest BCUT2D eigenvalue weighted by Crippen LogP contribution is -2.46. The van der Waals surface area contributed by atoms with Crippen molar-refractivity contribution in [1.29, 1.82) is 0 Å². The van der Waals surface area contributed by atoms with Gasteiger partial charge in [0.1, 0.15) is 11.8 Å². The first kappa shape index (κ1) is 17.8. The minimum atomic E-state index is -0.864. The molecule has 1 aromatic carbocycles. The molecule has 2 aliphatic rings. The van der Waals surface area contributed by atoms with Gasteiger partial charge in [0.2, 0.25) is 5.91 Å². The molecule has 1 heterocycles. The maximum absolute atomic E-state index is 13.0. The van der Waals surface area contributed by atoms with Crippen LogP contribution in [0.5, 0.6) is 5.75 Å². The summed E-state index contributed by atoms with van der Waals surface area (Å²) >= 11 is 0. The van der Waals surface area contributed by atoms with E-state index in [-0.39, 0.29) is 17.9 Å². The lowest BCUT2D eigenvalue weighted by Gasteiger charge is -2.33. The summed E-state index contributed by atoms with van der Waals surface area (Å²) in [5.74, 6) is 0.258. The summed E-state index contributed by atoms with van der Waals surface area (Å²) in [5, 5.41) is 9.59. The summed E-state index contributed by atoms with van der Waals surface area (Å²) in [6.45, 7) is 2.01. The summed E-state index contributed by atoms with van der Waals surface area (Å²) in [4.78, 5) is 26.4. The Morgan fingerprint density at radius 1 is 1.32 bits per heavy atom. The maximum Gasteiger partial charge on any atom is 0.326 e. The number of carbonyl (C=O) groups excluding carboxylic acids is 1. The molecule has 0 spiro atoms. The summed E-state index contributed by atoms with van der Waals surface area (Å²) < 4.78 is 5.26. The third kappa shape index (κ3) is 3.65. The van der Waals surface area contributed by atoms with E-state index in [9.17, 15) is 14.7 Å². The van der Waals surface area contributed by atoms with Crippen LogP contribution in [0.2, 0.25) is 0 Å². The van der Waals surface area contributed by atoms with E-state index >= 15 is 0 Å². The number of ether oxygens (including phenoxy) is 1. The summed E-state index contributed by atoms with van der Waals surface area (Å²) in [6, 6.07) is 7.19. The number of nitrogens with zero attached hydrogens (tertiary/aromatic N) is 1. The number of carboxylic acid groups (broad SMARTS) is 1. The third-order valence-corrected chi connectivity index (χ3v) is 5.80. The molecule has 1 N–H and O–H groups in total. The smallest absolute Gasteiger partial charge is 0.326 e.